The van der Waals surface area contributed by atoms with Crippen molar-refractivity contribution in [3.05, 3.63) is 35.0 Å². The number of rotatable bonds is 2. The number of carbonyl (C=O) groups excluding carboxylic acids is 1. The molecule has 1 unspecified atom stereocenters. The molecule has 2 aromatic rings. The van der Waals surface area contributed by atoms with Gasteiger partial charge in [-0.05, 0) is 38.0 Å². The molecule has 1 N–H and O–H groups in total. The smallest absolute Gasteiger partial charge is 0.162 e. The summed E-state index contributed by atoms with van der Waals surface area (Å²) in [5, 5.41) is 11.3. The van der Waals surface area contributed by atoms with Crippen LogP contribution < -0.4 is 4.90 Å². The Kier molecular flexibility index (Phi) is 3.83. The first-order valence-corrected chi connectivity index (χ1v) is 7.47. The van der Waals surface area contributed by atoms with Gasteiger partial charge in [-0.25, -0.2) is 0 Å². The molecule has 2 heterocycles. The van der Waals surface area contributed by atoms with Crippen molar-refractivity contribution in [3.63, 3.8) is 0 Å². The van der Waals surface area contributed by atoms with Crippen molar-refractivity contribution >= 4 is 34.0 Å². The summed E-state index contributed by atoms with van der Waals surface area (Å²) in [5.74, 6) is -0.0421. The predicted molar refractivity (Wildman–Crippen MR) is 84.2 cm³/mol. The highest BCUT2D eigenvalue weighted by Gasteiger charge is 2.24. The quantitative estimate of drug-likeness (QED) is 0.866. The highest BCUT2D eigenvalue weighted by molar-refractivity contribution is 6.36. The van der Waals surface area contributed by atoms with Gasteiger partial charge in [-0.15, -0.1) is 0 Å². The van der Waals surface area contributed by atoms with Crippen LogP contribution in [0.25, 0.3) is 10.9 Å². The number of aliphatic hydroxyl groups is 1. The minimum atomic E-state index is -0.368. The summed E-state index contributed by atoms with van der Waals surface area (Å²) in [4.78, 5) is 18.5. The fourth-order valence-electron chi connectivity index (χ4n) is 2.93. The number of β-amino-alcohol motifs (C(OH)–C–C–N with tert-alkyl or cyclic N) is 1. The zero-order valence-electron chi connectivity index (χ0n) is 11.8. The van der Waals surface area contributed by atoms with Gasteiger partial charge in [-0.1, -0.05) is 11.6 Å². The number of hydrogen-bond donors (Lipinski definition) is 1. The van der Waals surface area contributed by atoms with Crippen molar-refractivity contribution in [2.24, 2.45) is 0 Å². The lowest BCUT2D eigenvalue weighted by atomic mass is 10.0. The summed E-state index contributed by atoms with van der Waals surface area (Å²) in [5.41, 5.74) is 2.09. The van der Waals surface area contributed by atoms with E-state index >= 15 is 0 Å². The molecule has 1 fully saturated rings. The molecule has 1 aromatic heterocycles. The van der Waals surface area contributed by atoms with E-state index in [4.69, 9.17) is 11.6 Å². The van der Waals surface area contributed by atoms with Gasteiger partial charge >= 0.3 is 0 Å². The molecule has 0 saturated carbocycles. The molecule has 21 heavy (non-hydrogen) atoms. The summed E-state index contributed by atoms with van der Waals surface area (Å²) in [6, 6.07) is 5.44. The molecular formula is C16H17ClN2O2. The fourth-order valence-corrected chi connectivity index (χ4v) is 3.20. The number of aromatic nitrogens is 1. The number of aliphatic hydroxyl groups excluding tert-OH is 1. The van der Waals surface area contributed by atoms with Crippen molar-refractivity contribution in [2.45, 2.75) is 25.9 Å². The maximum atomic E-state index is 12.0. The van der Waals surface area contributed by atoms with E-state index in [0.717, 1.165) is 36.0 Å². The third-order valence-electron chi connectivity index (χ3n) is 3.91. The van der Waals surface area contributed by atoms with Gasteiger partial charge in [0.05, 0.1) is 22.3 Å². The number of piperidine rings is 1. The predicted octanol–water partition coefficient (Wildman–Crippen LogP) is 3.05. The van der Waals surface area contributed by atoms with E-state index in [2.05, 4.69) is 9.88 Å². The maximum absolute atomic E-state index is 12.0. The van der Waals surface area contributed by atoms with Crippen LogP contribution in [0.15, 0.2) is 24.4 Å². The third kappa shape index (κ3) is 2.61. The van der Waals surface area contributed by atoms with Gasteiger partial charge in [0, 0.05) is 30.2 Å². The minimum absolute atomic E-state index is 0.0421. The molecular weight excluding hydrogens is 288 g/mol. The standard InChI is InChI=1S/C16H17ClN2O2/c1-10(20)13-8-14(17)12-5-2-6-18-15(12)16(13)19-7-3-4-11(21)9-19/h2,5-6,8,11,21H,3-4,7,9H2,1H3. The molecule has 110 valence electrons. The lowest BCUT2D eigenvalue weighted by molar-refractivity contribution is 0.101. The van der Waals surface area contributed by atoms with Crippen molar-refractivity contribution < 1.29 is 9.90 Å². The molecule has 3 rings (SSSR count). The zero-order valence-corrected chi connectivity index (χ0v) is 12.6. The van der Waals surface area contributed by atoms with E-state index in [-0.39, 0.29) is 11.9 Å². The van der Waals surface area contributed by atoms with Gasteiger partial charge in [-0.2, -0.15) is 0 Å². The Hall–Kier alpha value is -1.65. The number of ketones is 1. The van der Waals surface area contributed by atoms with Gasteiger partial charge in [0.1, 0.15) is 0 Å². The first kappa shape index (κ1) is 14.3. The Morgan fingerprint density at radius 1 is 1.52 bits per heavy atom. The molecule has 0 spiro atoms. The second kappa shape index (κ2) is 5.62. The van der Waals surface area contributed by atoms with Crippen LogP contribution in [-0.2, 0) is 0 Å². The summed E-state index contributed by atoms with van der Waals surface area (Å²) in [6.45, 7) is 2.86. The molecule has 0 amide bonds. The van der Waals surface area contributed by atoms with Crippen LogP contribution >= 0.6 is 11.6 Å². The van der Waals surface area contributed by atoms with Gasteiger partial charge < -0.3 is 10.0 Å². The first-order chi connectivity index (χ1) is 10.1. The highest BCUT2D eigenvalue weighted by Crippen LogP contribution is 2.36. The van der Waals surface area contributed by atoms with Crippen molar-refractivity contribution in [1.29, 1.82) is 0 Å². The lowest BCUT2D eigenvalue weighted by Gasteiger charge is -2.33. The summed E-state index contributed by atoms with van der Waals surface area (Å²) >= 11 is 6.29. The molecule has 0 aliphatic carbocycles. The fraction of sp³-hybridized carbons (Fsp3) is 0.375. The Labute approximate surface area is 128 Å². The number of benzene rings is 1. The molecule has 1 aromatic carbocycles. The van der Waals surface area contributed by atoms with Gasteiger partial charge in [0.2, 0.25) is 0 Å². The average Bonchev–Trinajstić information content (AvgIpc) is 2.47. The Morgan fingerprint density at radius 2 is 2.33 bits per heavy atom. The van der Waals surface area contributed by atoms with E-state index in [0.29, 0.717) is 17.1 Å². The number of pyridine rings is 1. The van der Waals surface area contributed by atoms with Crippen LogP contribution in [0.4, 0.5) is 5.69 Å². The minimum Gasteiger partial charge on any atom is -0.391 e. The van der Waals surface area contributed by atoms with Crippen molar-refractivity contribution in [2.75, 3.05) is 18.0 Å². The molecule has 0 radical (unpaired) electrons. The number of halogens is 1. The summed E-state index contributed by atoms with van der Waals surface area (Å²) in [6.07, 6.45) is 3.03. The Morgan fingerprint density at radius 3 is 3.05 bits per heavy atom. The van der Waals surface area contributed by atoms with Gasteiger partial charge in [0.15, 0.2) is 5.78 Å². The molecule has 1 saturated heterocycles. The Balaban J connectivity index is 2.25. The topological polar surface area (TPSA) is 53.4 Å². The molecule has 1 aliphatic rings. The third-order valence-corrected chi connectivity index (χ3v) is 4.22. The lowest BCUT2D eigenvalue weighted by Crippen LogP contribution is -2.39. The second-order valence-electron chi connectivity index (χ2n) is 5.45. The van der Waals surface area contributed by atoms with Crippen molar-refractivity contribution in [1.82, 2.24) is 4.98 Å². The number of anilines is 1. The van der Waals surface area contributed by atoms with E-state index in [1.807, 2.05) is 12.1 Å². The number of carbonyl (C=O) groups is 1. The van der Waals surface area contributed by atoms with E-state index < -0.39 is 0 Å². The SMILES string of the molecule is CC(=O)c1cc(Cl)c2cccnc2c1N1CCCC(O)C1. The normalized spacial score (nSPS) is 19.0. The van der Waals surface area contributed by atoms with Gasteiger partial charge in [-0.3, -0.25) is 9.78 Å². The van der Waals surface area contributed by atoms with E-state index in [9.17, 15) is 9.90 Å². The number of Topliss-reactive ketones (excluding diaryl/α,β-unsaturated/α-hetero) is 1. The van der Waals surface area contributed by atoms with Crippen LogP contribution in [-0.4, -0.2) is 35.1 Å². The Bertz CT molecular complexity index is 702. The average molecular weight is 305 g/mol. The molecule has 0 bridgehead atoms. The van der Waals surface area contributed by atoms with E-state index in [1.54, 1.807) is 12.3 Å². The van der Waals surface area contributed by atoms with Crippen LogP contribution in [0.5, 0.6) is 0 Å². The molecule has 5 heteroatoms. The van der Waals surface area contributed by atoms with Crippen LogP contribution in [0.2, 0.25) is 5.02 Å². The number of fused-ring (bicyclic) bond motifs is 1. The largest absolute Gasteiger partial charge is 0.391 e. The van der Waals surface area contributed by atoms with Crippen LogP contribution in [0.1, 0.15) is 30.1 Å². The second-order valence-corrected chi connectivity index (χ2v) is 5.86. The maximum Gasteiger partial charge on any atom is 0.162 e. The van der Waals surface area contributed by atoms with Crippen LogP contribution in [0, 0.1) is 0 Å². The van der Waals surface area contributed by atoms with Crippen LogP contribution in [0.3, 0.4) is 0 Å². The molecule has 1 atom stereocenters. The zero-order chi connectivity index (χ0) is 15.0. The number of hydrogen-bond acceptors (Lipinski definition) is 4. The summed E-state index contributed by atoms with van der Waals surface area (Å²) < 4.78 is 0. The first-order valence-electron chi connectivity index (χ1n) is 7.09. The van der Waals surface area contributed by atoms with Gasteiger partial charge in [0.25, 0.3) is 0 Å². The summed E-state index contributed by atoms with van der Waals surface area (Å²) in [7, 11) is 0. The van der Waals surface area contributed by atoms with Crippen molar-refractivity contribution in [3.8, 4) is 0 Å². The number of nitrogens with zero attached hydrogens (tertiary/aromatic N) is 2. The highest BCUT2D eigenvalue weighted by atomic mass is 35.5. The van der Waals surface area contributed by atoms with E-state index in [1.165, 1.54) is 6.92 Å². The molecule has 1 aliphatic heterocycles. The monoisotopic (exact) mass is 304 g/mol. The molecule has 4 nitrogen and oxygen atoms in total.